The predicted octanol–water partition coefficient (Wildman–Crippen LogP) is 3.73. The summed E-state index contributed by atoms with van der Waals surface area (Å²) in [5, 5.41) is 1.80. The van der Waals surface area contributed by atoms with E-state index in [0.29, 0.717) is 23.5 Å². The van der Waals surface area contributed by atoms with Crippen molar-refractivity contribution in [1.29, 1.82) is 0 Å². The van der Waals surface area contributed by atoms with E-state index in [1.807, 2.05) is 26.0 Å². The second-order valence-electron chi connectivity index (χ2n) is 6.75. The third-order valence-corrected chi connectivity index (χ3v) is 6.85. The van der Waals surface area contributed by atoms with E-state index in [1.54, 1.807) is 42.6 Å². The number of pyridine rings is 1. The maximum absolute atomic E-state index is 13.4. The summed E-state index contributed by atoms with van der Waals surface area (Å²) < 4.78 is 32.2. The van der Waals surface area contributed by atoms with E-state index in [2.05, 4.69) is 10.3 Å². The summed E-state index contributed by atoms with van der Waals surface area (Å²) in [4.78, 5) is 16.9. The molecule has 3 aromatic rings. The van der Waals surface area contributed by atoms with Gasteiger partial charge in [0.05, 0.1) is 11.5 Å². The van der Waals surface area contributed by atoms with Crippen LogP contribution in [0.5, 0.6) is 5.75 Å². The zero-order valence-electron chi connectivity index (χ0n) is 16.9. The Bertz CT molecular complexity index is 1100. The Morgan fingerprint density at radius 3 is 2.43 bits per heavy atom. The number of hydrogen-bond acceptors (Lipinski definition) is 5. The van der Waals surface area contributed by atoms with E-state index in [9.17, 15) is 13.2 Å². The van der Waals surface area contributed by atoms with Crippen LogP contribution in [0.15, 0.2) is 78.0 Å². The van der Waals surface area contributed by atoms with Gasteiger partial charge in [0.25, 0.3) is 5.91 Å². The average Bonchev–Trinajstić information content (AvgIpc) is 2.75. The number of ether oxygens (including phenoxy) is 1. The van der Waals surface area contributed by atoms with Gasteiger partial charge < -0.3 is 10.1 Å². The van der Waals surface area contributed by atoms with Crippen molar-refractivity contribution in [1.82, 2.24) is 10.3 Å². The van der Waals surface area contributed by atoms with Gasteiger partial charge in [-0.05, 0) is 61.4 Å². The number of carbonyl (C=O) groups is 1. The quantitative estimate of drug-likeness (QED) is 0.595. The Balaban J connectivity index is 1.89. The minimum absolute atomic E-state index is 0.0750. The third kappa shape index (κ3) is 4.86. The van der Waals surface area contributed by atoms with Gasteiger partial charge in [-0.2, -0.15) is 0 Å². The Labute approximate surface area is 176 Å². The van der Waals surface area contributed by atoms with Crippen molar-refractivity contribution in [2.24, 2.45) is 0 Å². The lowest BCUT2D eigenvalue weighted by Gasteiger charge is -2.19. The molecule has 1 unspecified atom stereocenters. The van der Waals surface area contributed by atoms with Gasteiger partial charge in [0.15, 0.2) is 9.84 Å². The van der Waals surface area contributed by atoms with Gasteiger partial charge in [-0.3, -0.25) is 9.78 Å². The molecule has 1 N–H and O–H groups in total. The van der Waals surface area contributed by atoms with E-state index in [4.69, 9.17) is 4.74 Å². The minimum Gasteiger partial charge on any atom is -0.494 e. The number of sulfone groups is 1. The molecule has 0 fully saturated rings. The highest BCUT2D eigenvalue weighted by Gasteiger charge is 2.30. The first kappa shape index (κ1) is 21.5. The molecule has 1 amide bonds. The molecule has 156 valence electrons. The van der Waals surface area contributed by atoms with Crippen molar-refractivity contribution < 1.29 is 17.9 Å². The van der Waals surface area contributed by atoms with E-state index in [0.717, 1.165) is 5.56 Å². The van der Waals surface area contributed by atoms with Crippen molar-refractivity contribution in [2.45, 2.75) is 24.0 Å². The molecular formula is C23H24N2O4S. The number of nitrogens with zero attached hydrogens (tertiary/aromatic N) is 1. The van der Waals surface area contributed by atoms with Gasteiger partial charge in [-0.25, -0.2) is 8.42 Å². The normalized spacial score (nSPS) is 12.2. The summed E-state index contributed by atoms with van der Waals surface area (Å²) in [5.41, 5.74) is 1.85. The number of benzene rings is 2. The lowest BCUT2D eigenvalue weighted by Crippen LogP contribution is -2.32. The van der Waals surface area contributed by atoms with Crippen LogP contribution in [0, 0.1) is 6.92 Å². The van der Waals surface area contributed by atoms with Crippen LogP contribution in [0.2, 0.25) is 0 Å². The predicted molar refractivity (Wildman–Crippen MR) is 115 cm³/mol. The van der Waals surface area contributed by atoms with Crippen LogP contribution < -0.4 is 10.1 Å². The molecule has 1 aromatic heterocycles. The molecule has 0 aliphatic heterocycles. The maximum atomic E-state index is 13.4. The lowest BCUT2D eigenvalue weighted by atomic mass is 10.1. The highest BCUT2D eigenvalue weighted by Crippen LogP contribution is 2.29. The topological polar surface area (TPSA) is 85.4 Å². The molecule has 0 aliphatic rings. The van der Waals surface area contributed by atoms with Gasteiger partial charge in [-0.1, -0.05) is 24.3 Å². The largest absolute Gasteiger partial charge is 0.494 e. The molecule has 1 heterocycles. The van der Waals surface area contributed by atoms with Crippen molar-refractivity contribution >= 4 is 15.7 Å². The number of hydrogen-bond donors (Lipinski definition) is 1. The van der Waals surface area contributed by atoms with Crippen LogP contribution in [0.4, 0.5) is 0 Å². The second-order valence-corrected chi connectivity index (χ2v) is 8.88. The van der Waals surface area contributed by atoms with Crippen LogP contribution in [0.3, 0.4) is 0 Å². The monoisotopic (exact) mass is 424 g/mol. The molecule has 3 rings (SSSR count). The molecule has 0 saturated carbocycles. The smallest absolute Gasteiger partial charge is 0.251 e. The summed E-state index contributed by atoms with van der Waals surface area (Å²) in [6, 6.07) is 16.8. The number of aryl methyl sites for hydroxylation is 1. The van der Waals surface area contributed by atoms with Gasteiger partial charge in [0.1, 0.15) is 11.0 Å². The van der Waals surface area contributed by atoms with E-state index in [1.165, 1.54) is 18.3 Å². The standard InChI is InChI=1S/C23H24N2O4S/c1-3-29-19-10-12-20(13-11-19)30(27,28)22(18-8-6-14-24-15-18)16-25-23(26)21-9-5-4-7-17(21)2/h4-15,22H,3,16H2,1-2H3,(H,25,26). The first-order valence-electron chi connectivity index (χ1n) is 9.64. The molecule has 0 aliphatic carbocycles. The molecule has 30 heavy (non-hydrogen) atoms. The molecule has 7 heteroatoms. The first-order valence-corrected chi connectivity index (χ1v) is 11.2. The molecule has 0 radical (unpaired) electrons. The Morgan fingerprint density at radius 2 is 1.80 bits per heavy atom. The van der Waals surface area contributed by atoms with Crippen LogP contribution in [-0.4, -0.2) is 32.5 Å². The van der Waals surface area contributed by atoms with Gasteiger partial charge in [-0.15, -0.1) is 0 Å². The molecule has 0 saturated heterocycles. The van der Waals surface area contributed by atoms with Crippen LogP contribution >= 0.6 is 0 Å². The molecule has 0 bridgehead atoms. The van der Waals surface area contributed by atoms with Crippen molar-refractivity contribution in [3.8, 4) is 5.75 Å². The van der Waals surface area contributed by atoms with Crippen LogP contribution in [0.1, 0.15) is 33.7 Å². The fourth-order valence-corrected chi connectivity index (χ4v) is 4.78. The zero-order valence-corrected chi connectivity index (χ0v) is 17.7. The maximum Gasteiger partial charge on any atom is 0.251 e. The third-order valence-electron chi connectivity index (χ3n) is 4.73. The summed E-state index contributed by atoms with van der Waals surface area (Å²) >= 11 is 0. The number of rotatable bonds is 8. The highest BCUT2D eigenvalue weighted by atomic mass is 32.2. The zero-order chi connectivity index (χ0) is 21.6. The van der Waals surface area contributed by atoms with Crippen molar-refractivity contribution in [3.05, 3.63) is 89.7 Å². The number of nitrogens with one attached hydrogen (secondary N) is 1. The van der Waals surface area contributed by atoms with Crippen molar-refractivity contribution in [3.63, 3.8) is 0 Å². The van der Waals surface area contributed by atoms with Crippen LogP contribution in [0.25, 0.3) is 0 Å². The van der Waals surface area contributed by atoms with E-state index < -0.39 is 15.1 Å². The van der Waals surface area contributed by atoms with Gasteiger partial charge in [0, 0.05) is 24.5 Å². The van der Waals surface area contributed by atoms with Gasteiger partial charge >= 0.3 is 0 Å². The lowest BCUT2D eigenvalue weighted by molar-refractivity contribution is 0.0953. The minimum atomic E-state index is -3.78. The molecule has 0 spiro atoms. The fourth-order valence-electron chi connectivity index (χ4n) is 3.14. The van der Waals surface area contributed by atoms with E-state index >= 15 is 0 Å². The Morgan fingerprint density at radius 1 is 1.07 bits per heavy atom. The Hall–Kier alpha value is -3.19. The molecule has 6 nitrogen and oxygen atoms in total. The number of amides is 1. The SMILES string of the molecule is CCOc1ccc(S(=O)(=O)C(CNC(=O)c2ccccc2C)c2cccnc2)cc1. The highest BCUT2D eigenvalue weighted by molar-refractivity contribution is 7.91. The number of carbonyl (C=O) groups excluding carboxylic acids is 1. The summed E-state index contributed by atoms with van der Waals surface area (Å²) in [7, 11) is -3.78. The average molecular weight is 425 g/mol. The molecule has 1 atom stereocenters. The molecular weight excluding hydrogens is 400 g/mol. The Kier molecular flexibility index (Phi) is 6.84. The molecule has 2 aromatic carbocycles. The van der Waals surface area contributed by atoms with Crippen molar-refractivity contribution in [2.75, 3.05) is 13.2 Å². The number of aromatic nitrogens is 1. The summed E-state index contributed by atoms with van der Waals surface area (Å²) in [6.07, 6.45) is 3.09. The van der Waals surface area contributed by atoms with Gasteiger partial charge in [0.2, 0.25) is 0 Å². The fraction of sp³-hybridized carbons (Fsp3) is 0.217. The summed E-state index contributed by atoms with van der Waals surface area (Å²) in [6.45, 7) is 4.12. The second kappa shape index (κ2) is 9.54. The van der Waals surface area contributed by atoms with Crippen LogP contribution in [-0.2, 0) is 9.84 Å². The summed E-state index contributed by atoms with van der Waals surface area (Å²) in [5.74, 6) is 0.283. The first-order chi connectivity index (χ1) is 14.4. The van der Waals surface area contributed by atoms with E-state index in [-0.39, 0.29) is 17.3 Å².